The van der Waals surface area contributed by atoms with Crippen molar-refractivity contribution >= 4 is 0 Å². The highest BCUT2D eigenvalue weighted by Gasteiger charge is 2.45. The second kappa shape index (κ2) is 7.16. The first-order valence-corrected chi connectivity index (χ1v) is 8.91. The maximum Gasteiger partial charge on any atom is 0.213 e. The highest BCUT2D eigenvalue weighted by atomic mass is 16.5. The van der Waals surface area contributed by atoms with Crippen molar-refractivity contribution in [2.75, 3.05) is 32.9 Å². The average molecular weight is 318 g/mol. The van der Waals surface area contributed by atoms with Crippen LogP contribution in [0.3, 0.4) is 0 Å². The number of fused-ring (bicyclic) bond motifs is 1. The molecular weight excluding hydrogens is 292 g/mol. The second-order valence-corrected chi connectivity index (χ2v) is 6.88. The van der Waals surface area contributed by atoms with E-state index in [0.29, 0.717) is 11.9 Å². The molecule has 0 aliphatic carbocycles. The van der Waals surface area contributed by atoms with E-state index in [4.69, 9.17) is 14.2 Å². The van der Waals surface area contributed by atoms with E-state index in [1.807, 2.05) is 18.2 Å². The molecule has 0 spiro atoms. The quantitative estimate of drug-likeness (QED) is 0.851. The summed E-state index contributed by atoms with van der Waals surface area (Å²) in [5.41, 5.74) is 0. The molecule has 126 valence electrons. The van der Waals surface area contributed by atoms with Gasteiger partial charge in [0.1, 0.15) is 12.2 Å². The molecule has 4 rings (SSSR count). The fourth-order valence-corrected chi connectivity index (χ4v) is 4.15. The predicted octanol–water partition coefficient (Wildman–Crippen LogP) is 2.12. The number of aromatic nitrogens is 1. The highest BCUT2D eigenvalue weighted by Crippen LogP contribution is 2.32. The van der Waals surface area contributed by atoms with Gasteiger partial charge in [0.15, 0.2) is 0 Å². The summed E-state index contributed by atoms with van der Waals surface area (Å²) in [7, 11) is 0. The van der Waals surface area contributed by atoms with Crippen LogP contribution in [0.15, 0.2) is 24.4 Å². The van der Waals surface area contributed by atoms with Crippen LogP contribution in [0.4, 0.5) is 0 Å². The van der Waals surface area contributed by atoms with Crippen molar-refractivity contribution in [1.82, 2.24) is 9.88 Å². The third-order valence-electron chi connectivity index (χ3n) is 5.33. The normalized spacial score (nSPS) is 32.6. The number of ether oxygens (including phenoxy) is 3. The zero-order chi connectivity index (χ0) is 15.5. The molecule has 4 heterocycles. The van der Waals surface area contributed by atoms with Gasteiger partial charge in [-0.25, -0.2) is 4.98 Å². The summed E-state index contributed by atoms with van der Waals surface area (Å²) in [6.07, 6.45) is 6.79. The van der Waals surface area contributed by atoms with Crippen LogP contribution in [-0.4, -0.2) is 61.0 Å². The molecule has 23 heavy (non-hydrogen) atoms. The lowest BCUT2D eigenvalue weighted by molar-refractivity contribution is -0.0495. The van der Waals surface area contributed by atoms with Crippen molar-refractivity contribution in [3.05, 3.63) is 24.4 Å². The molecule has 0 aromatic carbocycles. The van der Waals surface area contributed by atoms with E-state index in [9.17, 15) is 0 Å². The molecular formula is C18H26N2O3. The molecule has 5 heteroatoms. The minimum absolute atomic E-state index is 0.0926. The Morgan fingerprint density at radius 2 is 2.09 bits per heavy atom. The van der Waals surface area contributed by atoms with Crippen molar-refractivity contribution in [2.45, 2.75) is 43.9 Å². The van der Waals surface area contributed by atoms with E-state index < -0.39 is 0 Å². The van der Waals surface area contributed by atoms with E-state index in [1.165, 1.54) is 19.3 Å². The smallest absolute Gasteiger partial charge is 0.213 e. The monoisotopic (exact) mass is 318 g/mol. The molecule has 3 aliphatic rings. The molecule has 5 nitrogen and oxygen atoms in total. The minimum Gasteiger partial charge on any atom is -0.470 e. The van der Waals surface area contributed by atoms with Crippen LogP contribution < -0.4 is 4.74 Å². The largest absolute Gasteiger partial charge is 0.470 e. The summed E-state index contributed by atoms with van der Waals surface area (Å²) < 4.78 is 17.7. The van der Waals surface area contributed by atoms with E-state index in [1.54, 1.807) is 6.20 Å². The SMILES string of the molecule is c1ccc(O[C@@H]2CN(CC3CCOCC3)[C@H]3CCCO[C@@H]23)nc1. The summed E-state index contributed by atoms with van der Waals surface area (Å²) in [6, 6.07) is 6.31. The van der Waals surface area contributed by atoms with Crippen LogP contribution in [0.5, 0.6) is 5.88 Å². The topological polar surface area (TPSA) is 43.8 Å². The lowest BCUT2D eigenvalue weighted by atomic mass is 9.97. The van der Waals surface area contributed by atoms with Crippen LogP contribution in [0.1, 0.15) is 25.7 Å². The Kier molecular flexibility index (Phi) is 4.78. The summed E-state index contributed by atoms with van der Waals surface area (Å²) in [4.78, 5) is 6.91. The predicted molar refractivity (Wildman–Crippen MR) is 86.5 cm³/mol. The summed E-state index contributed by atoms with van der Waals surface area (Å²) in [6.45, 7) is 4.78. The van der Waals surface area contributed by atoms with E-state index in [2.05, 4.69) is 9.88 Å². The zero-order valence-electron chi connectivity index (χ0n) is 13.6. The molecule has 3 atom stereocenters. The van der Waals surface area contributed by atoms with Gasteiger partial charge >= 0.3 is 0 Å². The molecule has 3 aliphatic heterocycles. The molecule has 1 aromatic heterocycles. The Balaban J connectivity index is 1.43. The average Bonchev–Trinajstić information content (AvgIpc) is 2.95. The van der Waals surface area contributed by atoms with Crippen molar-refractivity contribution in [1.29, 1.82) is 0 Å². The third kappa shape index (κ3) is 3.52. The maximum atomic E-state index is 6.16. The summed E-state index contributed by atoms with van der Waals surface area (Å²) in [5, 5.41) is 0. The lowest BCUT2D eigenvalue weighted by Crippen LogP contribution is -2.44. The Morgan fingerprint density at radius 3 is 2.91 bits per heavy atom. The second-order valence-electron chi connectivity index (χ2n) is 6.88. The molecule has 0 radical (unpaired) electrons. The van der Waals surface area contributed by atoms with Gasteiger partial charge in [0.05, 0.1) is 0 Å². The number of hydrogen-bond donors (Lipinski definition) is 0. The van der Waals surface area contributed by atoms with Gasteiger partial charge in [0, 0.05) is 51.2 Å². The van der Waals surface area contributed by atoms with Gasteiger partial charge in [0.2, 0.25) is 5.88 Å². The molecule has 0 unspecified atom stereocenters. The molecule has 0 amide bonds. The Hall–Kier alpha value is -1.17. The number of nitrogens with zero attached hydrogens (tertiary/aromatic N) is 2. The first-order valence-electron chi connectivity index (χ1n) is 8.91. The number of likely N-dealkylation sites (tertiary alicyclic amines) is 1. The van der Waals surface area contributed by atoms with Crippen molar-refractivity contribution < 1.29 is 14.2 Å². The van der Waals surface area contributed by atoms with Crippen LogP contribution in [0.25, 0.3) is 0 Å². The Morgan fingerprint density at radius 1 is 1.17 bits per heavy atom. The third-order valence-corrected chi connectivity index (χ3v) is 5.33. The molecule has 0 N–H and O–H groups in total. The van der Waals surface area contributed by atoms with Gasteiger partial charge in [0.25, 0.3) is 0 Å². The lowest BCUT2D eigenvalue weighted by Gasteiger charge is -2.34. The first kappa shape index (κ1) is 15.4. The molecule has 1 aromatic rings. The van der Waals surface area contributed by atoms with Crippen LogP contribution in [0, 0.1) is 5.92 Å². The molecule has 3 saturated heterocycles. The van der Waals surface area contributed by atoms with E-state index in [0.717, 1.165) is 45.2 Å². The van der Waals surface area contributed by atoms with Gasteiger partial charge in [-0.1, -0.05) is 6.07 Å². The van der Waals surface area contributed by atoms with E-state index >= 15 is 0 Å². The number of hydrogen-bond acceptors (Lipinski definition) is 5. The van der Waals surface area contributed by atoms with Crippen molar-refractivity contribution in [3.63, 3.8) is 0 Å². The van der Waals surface area contributed by atoms with Gasteiger partial charge in [-0.15, -0.1) is 0 Å². The van der Waals surface area contributed by atoms with Gasteiger partial charge in [-0.3, -0.25) is 4.90 Å². The van der Waals surface area contributed by atoms with Crippen LogP contribution in [-0.2, 0) is 9.47 Å². The first-order chi connectivity index (χ1) is 11.4. The number of pyridine rings is 1. The molecule has 0 saturated carbocycles. The minimum atomic E-state index is 0.0926. The van der Waals surface area contributed by atoms with Gasteiger partial charge < -0.3 is 14.2 Å². The zero-order valence-corrected chi connectivity index (χ0v) is 13.6. The highest BCUT2D eigenvalue weighted by molar-refractivity contribution is 5.11. The molecule has 3 fully saturated rings. The van der Waals surface area contributed by atoms with Gasteiger partial charge in [-0.2, -0.15) is 0 Å². The fraction of sp³-hybridized carbons (Fsp3) is 0.722. The van der Waals surface area contributed by atoms with Gasteiger partial charge in [-0.05, 0) is 37.7 Å². The maximum absolute atomic E-state index is 6.16. The summed E-state index contributed by atoms with van der Waals surface area (Å²) in [5.74, 6) is 1.46. The van der Waals surface area contributed by atoms with E-state index in [-0.39, 0.29) is 12.2 Å². The van der Waals surface area contributed by atoms with Crippen LogP contribution >= 0.6 is 0 Å². The van der Waals surface area contributed by atoms with Crippen molar-refractivity contribution in [3.8, 4) is 5.88 Å². The Bertz CT molecular complexity index is 492. The number of rotatable bonds is 4. The standard InChI is InChI=1S/C18H26N2O3/c1-2-8-19-17(5-1)23-16-13-20(12-14-6-10-21-11-7-14)15-4-3-9-22-18(15)16/h1-2,5,8,14-16,18H,3-4,6-7,9-13H2/t15-,16+,18+/m0/s1. The summed E-state index contributed by atoms with van der Waals surface area (Å²) >= 11 is 0. The molecule has 0 bridgehead atoms. The Labute approximate surface area is 137 Å². The fourth-order valence-electron chi connectivity index (χ4n) is 4.15. The van der Waals surface area contributed by atoms with Crippen LogP contribution in [0.2, 0.25) is 0 Å². The van der Waals surface area contributed by atoms with Crippen molar-refractivity contribution in [2.24, 2.45) is 5.92 Å².